The van der Waals surface area contributed by atoms with Crippen molar-refractivity contribution in [3.8, 4) is 0 Å². The van der Waals surface area contributed by atoms with Gasteiger partial charge in [-0.15, -0.1) is 0 Å². The third-order valence-corrected chi connectivity index (χ3v) is 2.26. The van der Waals surface area contributed by atoms with E-state index in [1.54, 1.807) is 0 Å². The van der Waals surface area contributed by atoms with E-state index in [0.29, 0.717) is 0 Å². The Labute approximate surface area is 51.5 Å². The molecule has 0 radical (unpaired) electrons. The minimum atomic E-state index is 0.986. The van der Waals surface area contributed by atoms with Gasteiger partial charge in [-0.2, -0.15) is 0 Å². The van der Waals surface area contributed by atoms with Gasteiger partial charge in [0.1, 0.15) is 0 Å². The summed E-state index contributed by atoms with van der Waals surface area (Å²) in [6.07, 6.45) is 2.90. The highest BCUT2D eigenvalue weighted by Crippen LogP contribution is 2.32. The molecule has 1 saturated carbocycles. The lowest BCUT2D eigenvalue weighted by Crippen LogP contribution is -2.31. The average Bonchev–Trinajstić information content (AvgIpc) is 1.79. The first-order chi connectivity index (χ1) is 3.84. The van der Waals surface area contributed by atoms with Crippen LogP contribution in [0.2, 0.25) is 0 Å². The summed E-state index contributed by atoms with van der Waals surface area (Å²) in [6, 6.07) is 0. The maximum Gasteiger partial charge on any atom is -0.00210 e. The second kappa shape index (κ2) is 2.49. The van der Waals surface area contributed by atoms with Crippen molar-refractivity contribution in [3.05, 3.63) is 0 Å². The molecule has 0 aromatic carbocycles. The molecule has 0 heterocycles. The molecule has 0 amide bonds. The summed E-state index contributed by atoms with van der Waals surface area (Å²) in [6.45, 7) is 3.56. The molecular weight excluding hydrogens is 98.1 g/mol. The molecular formula is C7H15N. The van der Waals surface area contributed by atoms with Gasteiger partial charge < -0.3 is 5.32 Å². The highest BCUT2D eigenvalue weighted by atomic mass is 14.8. The van der Waals surface area contributed by atoms with Gasteiger partial charge in [0.2, 0.25) is 0 Å². The molecule has 0 spiro atoms. The molecule has 0 saturated heterocycles. The van der Waals surface area contributed by atoms with Crippen molar-refractivity contribution < 1.29 is 0 Å². The quantitative estimate of drug-likeness (QED) is 0.568. The third-order valence-electron chi connectivity index (χ3n) is 2.26. The summed E-state index contributed by atoms with van der Waals surface area (Å²) in [7, 11) is 2.03. The molecule has 1 fully saturated rings. The molecule has 2 atom stereocenters. The van der Waals surface area contributed by atoms with Crippen LogP contribution in [0.15, 0.2) is 0 Å². The van der Waals surface area contributed by atoms with Crippen molar-refractivity contribution >= 4 is 0 Å². The van der Waals surface area contributed by atoms with E-state index in [-0.39, 0.29) is 0 Å². The zero-order valence-electron chi connectivity index (χ0n) is 5.78. The maximum atomic E-state index is 3.20. The van der Waals surface area contributed by atoms with Crippen molar-refractivity contribution in [2.24, 2.45) is 11.8 Å². The van der Waals surface area contributed by atoms with Crippen LogP contribution in [0.25, 0.3) is 0 Å². The van der Waals surface area contributed by atoms with Crippen molar-refractivity contribution in [2.75, 3.05) is 13.6 Å². The van der Waals surface area contributed by atoms with Crippen LogP contribution in [-0.4, -0.2) is 13.6 Å². The Morgan fingerprint density at radius 3 is 2.38 bits per heavy atom. The Bertz CT molecular complexity index is 70.8. The molecule has 8 heavy (non-hydrogen) atoms. The smallest absolute Gasteiger partial charge is 0.00210 e. The summed E-state index contributed by atoms with van der Waals surface area (Å²) in [5, 5.41) is 3.20. The molecule has 48 valence electrons. The lowest BCUT2D eigenvalue weighted by atomic mass is 9.75. The van der Waals surface area contributed by atoms with Gasteiger partial charge in [0.05, 0.1) is 0 Å². The van der Waals surface area contributed by atoms with Gasteiger partial charge in [0.25, 0.3) is 0 Å². The second-order valence-electron chi connectivity index (χ2n) is 2.87. The van der Waals surface area contributed by atoms with E-state index in [1.165, 1.54) is 19.4 Å². The Balaban J connectivity index is 2.08. The second-order valence-corrected chi connectivity index (χ2v) is 2.87. The summed E-state index contributed by atoms with van der Waals surface area (Å²) >= 11 is 0. The van der Waals surface area contributed by atoms with Crippen LogP contribution in [0.3, 0.4) is 0 Å². The first kappa shape index (κ1) is 6.09. The Morgan fingerprint density at radius 2 is 2.25 bits per heavy atom. The lowest BCUT2D eigenvalue weighted by Gasteiger charge is -2.33. The number of hydrogen-bond acceptors (Lipinski definition) is 1. The highest BCUT2D eigenvalue weighted by molar-refractivity contribution is 4.77. The number of nitrogens with one attached hydrogen (secondary N) is 1. The molecule has 1 aliphatic carbocycles. The molecule has 0 aromatic rings. The average molecular weight is 113 g/mol. The van der Waals surface area contributed by atoms with Gasteiger partial charge in [0, 0.05) is 0 Å². The van der Waals surface area contributed by atoms with Gasteiger partial charge in [-0.25, -0.2) is 0 Å². The maximum absolute atomic E-state index is 3.20. The van der Waals surface area contributed by atoms with Crippen molar-refractivity contribution in [1.29, 1.82) is 0 Å². The van der Waals surface area contributed by atoms with E-state index >= 15 is 0 Å². The molecule has 1 rings (SSSR count). The largest absolute Gasteiger partial charge is 0.319 e. The van der Waals surface area contributed by atoms with Gasteiger partial charge in [-0.3, -0.25) is 0 Å². The van der Waals surface area contributed by atoms with Crippen molar-refractivity contribution in [1.82, 2.24) is 5.32 Å². The van der Waals surface area contributed by atoms with Crippen molar-refractivity contribution in [2.45, 2.75) is 19.8 Å². The van der Waals surface area contributed by atoms with E-state index in [4.69, 9.17) is 0 Å². The normalized spacial score (nSPS) is 36.8. The first-order valence-electron chi connectivity index (χ1n) is 3.49. The summed E-state index contributed by atoms with van der Waals surface area (Å²) < 4.78 is 0. The third kappa shape index (κ3) is 1.03. The molecule has 0 bridgehead atoms. The van der Waals surface area contributed by atoms with Crippen molar-refractivity contribution in [3.63, 3.8) is 0 Å². The fourth-order valence-corrected chi connectivity index (χ4v) is 1.30. The zero-order valence-corrected chi connectivity index (χ0v) is 5.78. The van der Waals surface area contributed by atoms with E-state index in [1.807, 2.05) is 7.05 Å². The lowest BCUT2D eigenvalue weighted by molar-refractivity contribution is 0.195. The molecule has 1 aliphatic rings. The minimum Gasteiger partial charge on any atom is -0.319 e. The SMILES string of the molecule is CNCC1CCC1C. The molecule has 1 N–H and O–H groups in total. The Morgan fingerprint density at radius 1 is 1.50 bits per heavy atom. The fraction of sp³-hybridized carbons (Fsp3) is 1.00. The Hall–Kier alpha value is -0.0400. The zero-order chi connectivity index (χ0) is 5.98. The molecule has 2 unspecified atom stereocenters. The predicted molar refractivity (Wildman–Crippen MR) is 35.8 cm³/mol. The standard InChI is InChI=1S/C7H15N/c1-6-3-4-7(6)5-8-2/h6-8H,3-5H2,1-2H3. The van der Waals surface area contributed by atoms with Crippen LogP contribution in [-0.2, 0) is 0 Å². The van der Waals surface area contributed by atoms with Gasteiger partial charge in [0.15, 0.2) is 0 Å². The molecule has 0 aromatic heterocycles. The summed E-state index contributed by atoms with van der Waals surface area (Å²) in [4.78, 5) is 0. The highest BCUT2D eigenvalue weighted by Gasteiger charge is 2.25. The van der Waals surface area contributed by atoms with Crippen LogP contribution in [0.4, 0.5) is 0 Å². The van der Waals surface area contributed by atoms with Crippen LogP contribution < -0.4 is 5.32 Å². The topological polar surface area (TPSA) is 12.0 Å². The predicted octanol–water partition coefficient (Wildman–Crippen LogP) is 1.25. The number of rotatable bonds is 2. The molecule has 1 nitrogen and oxygen atoms in total. The minimum absolute atomic E-state index is 0.986. The van der Waals surface area contributed by atoms with E-state index in [9.17, 15) is 0 Å². The van der Waals surface area contributed by atoms with E-state index in [2.05, 4.69) is 12.2 Å². The molecule has 1 heteroatoms. The van der Waals surface area contributed by atoms with Gasteiger partial charge >= 0.3 is 0 Å². The van der Waals surface area contributed by atoms with Crippen LogP contribution in [0.5, 0.6) is 0 Å². The number of hydrogen-bond donors (Lipinski definition) is 1. The van der Waals surface area contributed by atoms with Crippen LogP contribution in [0.1, 0.15) is 19.8 Å². The fourth-order valence-electron chi connectivity index (χ4n) is 1.30. The van der Waals surface area contributed by atoms with Crippen LogP contribution >= 0.6 is 0 Å². The van der Waals surface area contributed by atoms with E-state index in [0.717, 1.165) is 11.8 Å². The van der Waals surface area contributed by atoms with Gasteiger partial charge in [-0.05, 0) is 31.8 Å². The first-order valence-corrected chi connectivity index (χ1v) is 3.49. The van der Waals surface area contributed by atoms with Crippen LogP contribution in [0, 0.1) is 11.8 Å². The Kier molecular flexibility index (Phi) is 1.90. The monoisotopic (exact) mass is 113 g/mol. The summed E-state index contributed by atoms with van der Waals surface area (Å²) in [5.41, 5.74) is 0. The molecule has 0 aliphatic heterocycles. The van der Waals surface area contributed by atoms with E-state index < -0.39 is 0 Å². The van der Waals surface area contributed by atoms with Gasteiger partial charge in [-0.1, -0.05) is 13.3 Å². The summed E-state index contributed by atoms with van der Waals surface area (Å²) in [5.74, 6) is 1.97.